The second-order valence-electron chi connectivity index (χ2n) is 8.25. The number of methoxy groups -OCH3 is 1. The number of amides is 1. The number of para-hydroxylation sites is 1. The van der Waals surface area contributed by atoms with E-state index < -0.39 is 11.5 Å². The van der Waals surface area contributed by atoms with Gasteiger partial charge in [-0.15, -0.1) is 9.60 Å². The molecule has 1 amide bonds. The zero-order valence-electron chi connectivity index (χ0n) is 17.7. The van der Waals surface area contributed by atoms with Crippen molar-refractivity contribution in [3.8, 4) is 17.8 Å². The number of nitriles is 1. The highest BCUT2D eigenvalue weighted by molar-refractivity contribution is 6.04. The standard InChI is InChI=1S/C22H23FN6O3/c1-31-21-25-16-12-22(7-11-32-17-5-3-2-4-15(17)22)20(30)26-18(16)19(27-21)28-9-10-29(23)14(13-28)6-8-24/h2-5,14H,6-7,9-13H2,1H3,(H,26,30). The van der Waals surface area contributed by atoms with Crippen LogP contribution in [-0.2, 0) is 16.6 Å². The molecule has 1 N–H and O–H groups in total. The van der Waals surface area contributed by atoms with Gasteiger partial charge in [0.15, 0.2) is 5.82 Å². The summed E-state index contributed by atoms with van der Waals surface area (Å²) in [5.41, 5.74) is 1.24. The number of hydrogen-bond acceptors (Lipinski definition) is 8. The molecule has 4 heterocycles. The highest BCUT2D eigenvalue weighted by atomic mass is 19.2. The molecule has 2 unspecified atom stereocenters. The molecular weight excluding hydrogens is 415 g/mol. The van der Waals surface area contributed by atoms with Crippen LogP contribution in [0.15, 0.2) is 24.3 Å². The van der Waals surface area contributed by atoms with Crippen LogP contribution in [0.4, 0.5) is 16.0 Å². The topological polar surface area (TPSA) is 104 Å². The number of ether oxygens (including phenoxy) is 2. The first-order chi connectivity index (χ1) is 15.6. The van der Waals surface area contributed by atoms with Crippen LogP contribution in [0.1, 0.15) is 24.1 Å². The van der Waals surface area contributed by atoms with Crippen LogP contribution in [0.25, 0.3) is 0 Å². The summed E-state index contributed by atoms with van der Waals surface area (Å²) in [6.45, 7) is 1.20. The largest absolute Gasteiger partial charge is 0.493 e. The first-order valence-electron chi connectivity index (χ1n) is 10.6. The quantitative estimate of drug-likeness (QED) is 0.726. The normalized spacial score (nSPS) is 24.7. The fourth-order valence-electron chi connectivity index (χ4n) is 4.82. The number of fused-ring (bicyclic) bond motifs is 3. The van der Waals surface area contributed by atoms with E-state index in [1.165, 1.54) is 7.11 Å². The third-order valence-electron chi connectivity index (χ3n) is 6.50. The maximum absolute atomic E-state index is 14.2. The van der Waals surface area contributed by atoms with Crippen molar-refractivity contribution in [2.75, 3.05) is 43.6 Å². The molecule has 5 rings (SSSR count). The van der Waals surface area contributed by atoms with Crippen molar-refractivity contribution in [2.45, 2.75) is 30.7 Å². The number of nitrogens with one attached hydrogen (secondary N) is 1. The molecule has 1 saturated heterocycles. The average Bonchev–Trinajstić information content (AvgIpc) is 2.81. The molecule has 0 radical (unpaired) electrons. The van der Waals surface area contributed by atoms with Crippen LogP contribution in [0.5, 0.6) is 11.8 Å². The monoisotopic (exact) mass is 438 g/mol. The number of anilines is 2. The van der Waals surface area contributed by atoms with Crippen molar-refractivity contribution in [1.29, 1.82) is 5.26 Å². The zero-order chi connectivity index (χ0) is 22.3. The third-order valence-corrected chi connectivity index (χ3v) is 6.50. The Morgan fingerprint density at radius 2 is 2.22 bits per heavy atom. The molecule has 1 spiro atoms. The first-order valence-corrected chi connectivity index (χ1v) is 10.6. The van der Waals surface area contributed by atoms with Gasteiger partial charge in [0, 0.05) is 38.0 Å². The minimum atomic E-state index is -0.792. The van der Waals surface area contributed by atoms with Gasteiger partial charge in [-0.25, -0.2) is 0 Å². The summed E-state index contributed by atoms with van der Waals surface area (Å²) in [7, 11) is 1.49. The second-order valence-corrected chi connectivity index (χ2v) is 8.25. The molecule has 10 heteroatoms. The fraction of sp³-hybridized carbons (Fsp3) is 0.455. The molecule has 0 saturated carbocycles. The smallest absolute Gasteiger partial charge is 0.318 e. The number of benzene rings is 1. The van der Waals surface area contributed by atoms with E-state index in [2.05, 4.69) is 15.3 Å². The Bertz CT molecular complexity index is 1110. The Balaban J connectivity index is 1.56. The molecule has 9 nitrogen and oxygen atoms in total. The Kier molecular flexibility index (Phi) is 5.06. The van der Waals surface area contributed by atoms with Crippen molar-refractivity contribution in [3.05, 3.63) is 35.5 Å². The van der Waals surface area contributed by atoms with E-state index in [9.17, 15) is 9.28 Å². The Labute approximate surface area is 184 Å². The van der Waals surface area contributed by atoms with Crippen molar-refractivity contribution in [1.82, 2.24) is 15.1 Å². The van der Waals surface area contributed by atoms with Crippen molar-refractivity contribution < 1.29 is 18.7 Å². The molecule has 0 aliphatic carbocycles. The molecule has 32 heavy (non-hydrogen) atoms. The number of hydrogen-bond donors (Lipinski definition) is 1. The van der Waals surface area contributed by atoms with Gasteiger partial charge >= 0.3 is 6.01 Å². The molecule has 2 atom stereocenters. The predicted octanol–water partition coefficient (Wildman–Crippen LogP) is 1.99. The lowest BCUT2D eigenvalue weighted by Crippen LogP contribution is -2.52. The van der Waals surface area contributed by atoms with E-state index in [1.54, 1.807) is 0 Å². The lowest BCUT2D eigenvalue weighted by atomic mass is 9.70. The molecule has 1 aromatic carbocycles. The number of aromatic nitrogens is 2. The fourth-order valence-corrected chi connectivity index (χ4v) is 4.82. The molecule has 2 aromatic rings. The molecule has 3 aliphatic heterocycles. The molecule has 3 aliphatic rings. The lowest BCUT2D eigenvalue weighted by Gasteiger charge is -2.42. The number of nitrogens with zero attached hydrogens (tertiary/aromatic N) is 5. The Morgan fingerprint density at radius 1 is 1.38 bits per heavy atom. The maximum Gasteiger partial charge on any atom is 0.318 e. The van der Waals surface area contributed by atoms with Crippen molar-refractivity contribution in [3.63, 3.8) is 0 Å². The SMILES string of the molecule is COc1nc2c(c(N3CCN(F)C(CC#N)C3)n1)NC(=O)C1(CCOc3ccccc31)C2. The van der Waals surface area contributed by atoms with Crippen LogP contribution in [0, 0.1) is 11.3 Å². The van der Waals surface area contributed by atoms with E-state index in [-0.39, 0.29) is 31.4 Å². The van der Waals surface area contributed by atoms with Crippen LogP contribution < -0.4 is 19.7 Å². The lowest BCUT2D eigenvalue weighted by molar-refractivity contribution is -0.123. The van der Waals surface area contributed by atoms with Gasteiger partial charge in [-0.1, -0.05) is 18.2 Å². The Hall–Kier alpha value is -3.45. The van der Waals surface area contributed by atoms with Gasteiger partial charge in [0.05, 0.1) is 43.4 Å². The van der Waals surface area contributed by atoms with Gasteiger partial charge < -0.3 is 19.7 Å². The van der Waals surface area contributed by atoms with Gasteiger partial charge in [0.2, 0.25) is 5.91 Å². The summed E-state index contributed by atoms with van der Waals surface area (Å²) < 4.78 is 25.3. The summed E-state index contributed by atoms with van der Waals surface area (Å²) in [5.74, 6) is 1.07. The highest BCUT2D eigenvalue weighted by Gasteiger charge is 2.49. The Morgan fingerprint density at radius 3 is 3.03 bits per heavy atom. The molecular formula is C22H23FN6O3. The number of piperazine rings is 1. The first kappa shape index (κ1) is 20.5. The van der Waals surface area contributed by atoms with Crippen LogP contribution in [-0.4, -0.2) is 60.4 Å². The van der Waals surface area contributed by atoms with Crippen LogP contribution >= 0.6 is 0 Å². The van der Waals surface area contributed by atoms with E-state index in [0.717, 1.165) is 5.56 Å². The molecule has 0 bridgehead atoms. The number of carbonyl (C=O) groups excluding carboxylic acids is 1. The molecule has 1 aromatic heterocycles. The molecule has 166 valence electrons. The minimum absolute atomic E-state index is 0.0592. The van der Waals surface area contributed by atoms with Crippen LogP contribution in [0.3, 0.4) is 0 Å². The summed E-state index contributed by atoms with van der Waals surface area (Å²) in [6, 6.07) is 9.23. The zero-order valence-corrected chi connectivity index (χ0v) is 17.7. The van der Waals surface area contributed by atoms with Gasteiger partial charge in [-0.2, -0.15) is 15.2 Å². The van der Waals surface area contributed by atoms with E-state index in [0.29, 0.717) is 54.1 Å². The minimum Gasteiger partial charge on any atom is -0.493 e. The van der Waals surface area contributed by atoms with E-state index >= 15 is 0 Å². The summed E-state index contributed by atoms with van der Waals surface area (Å²) in [4.78, 5) is 24.5. The van der Waals surface area contributed by atoms with Gasteiger partial charge in [0.25, 0.3) is 0 Å². The van der Waals surface area contributed by atoms with Crippen molar-refractivity contribution in [2.24, 2.45) is 0 Å². The predicted molar refractivity (Wildman–Crippen MR) is 113 cm³/mol. The van der Waals surface area contributed by atoms with Gasteiger partial charge in [0.1, 0.15) is 11.4 Å². The number of rotatable bonds is 3. The summed E-state index contributed by atoms with van der Waals surface area (Å²) in [5, 5.41) is 12.8. The van der Waals surface area contributed by atoms with Crippen molar-refractivity contribution >= 4 is 17.4 Å². The maximum atomic E-state index is 14.2. The highest BCUT2D eigenvalue weighted by Crippen LogP contribution is 2.47. The van der Waals surface area contributed by atoms with E-state index in [4.69, 9.17) is 14.7 Å². The van der Waals surface area contributed by atoms with E-state index in [1.807, 2.05) is 35.2 Å². The van der Waals surface area contributed by atoms with Gasteiger partial charge in [-0.05, 0) is 6.07 Å². The molecule has 1 fully saturated rings. The summed E-state index contributed by atoms with van der Waals surface area (Å²) in [6.07, 6.45) is 0.969. The number of carbonyl (C=O) groups is 1. The van der Waals surface area contributed by atoms with Crippen LogP contribution in [0.2, 0.25) is 0 Å². The summed E-state index contributed by atoms with van der Waals surface area (Å²) >= 11 is 0. The number of halogens is 1. The third kappa shape index (κ3) is 3.20. The second kappa shape index (κ2) is 7.91. The van der Waals surface area contributed by atoms with Gasteiger partial charge in [-0.3, -0.25) is 4.79 Å². The average molecular weight is 438 g/mol.